The van der Waals surface area contributed by atoms with Crippen LogP contribution in [0.1, 0.15) is 50.1 Å². The van der Waals surface area contributed by atoms with Gasteiger partial charge in [0.25, 0.3) is 0 Å². The van der Waals surface area contributed by atoms with Crippen LogP contribution in [0, 0.1) is 12.8 Å². The van der Waals surface area contributed by atoms with E-state index in [9.17, 15) is 0 Å². The lowest BCUT2D eigenvalue weighted by Gasteiger charge is -2.25. The summed E-state index contributed by atoms with van der Waals surface area (Å²) in [5.41, 5.74) is 1.91. The van der Waals surface area contributed by atoms with Crippen molar-refractivity contribution in [2.75, 3.05) is 0 Å². The lowest BCUT2D eigenvalue weighted by molar-refractivity contribution is 0.258. The third kappa shape index (κ3) is 2.53. The molecule has 0 radical (unpaired) electrons. The van der Waals surface area contributed by atoms with E-state index in [0.717, 1.165) is 23.6 Å². The van der Waals surface area contributed by atoms with Gasteiger partial charge in [0.1, 0.15) is 0 Å². The lowest BCUT2D eigenvalue weighted by Crippen LogP contribution is -2.15. The first kappa shape index (κ1) is 12.3. The molecule has 4 nitrogen and oxygen atoms in total. The zero-order valence-electron chi connectivity index (χ0n) is 11.5. The van der Waals surface area contributed by atoms with Crippen LogP contribution in [0.5, 0.6) is 0 Å². The molecule has 100 valence electrons. The topological polar surface area (TPSA) is 51.8 Å². The highest BCUT2D eigenvalue weighted by molar-refractivity contribution is 5.52. The molecule has 0 aromatic carbocycles. The largest absolute Gasteiger partial charge is 0.339 e. The van der Waals surface area contributed by atoms with Gasteiger partial charge in [-0.15, -0.1) is 0 Å². The summed E-state index contributed by atoms with van der Waals surface area (Å²) in [6, 6.07) is 3.95. The van der Waals surface area contributed by atoms with E-state index in [1.807, 2.05) is 19.1 Å². The van der Waals surface area contributed by atoms with Gasteiger partial charge in [0.15, 0.2) is 0 Å². The van der Waals surface area contributed by atoms with Crippen LogP contribution in [0.3, 0.4) is 0 Å². The Kier molecular flexibility index (Phi) is 3.32. The van der Waals surface area contributed by atoms with E-state index < -0.39 is 0 Å². The molecule has 19 heavy (non-hydrogen) atoms. The molecule has 2 aromatic rings. The molecular weight excluding hydrogens is 238 g/mol. The van der Waals surface area contributed by atoms with Gasteiger partial charge in [-0.05, 0) is 37.8 Å². The van der Waals surface area contributed by atoms with Crippen molar-refractivity contribution in [2.24, 2.45) is 5.92 Å². The first-order valence-electron chi connectivity index (χ1n) is 7.00. The summed E-state index contributed by atoms with van der Waals surface area (Å²) in [6.07, 6.45) is 6.80. The summed E-state index contributed by atoms with van der Waals surface area (Å²) in [7, 11) is 0. The fourth-order valence-electron chi connectivity index (χ4n) is 2.79. The van der Waals surface area contributed by atoms with Crippen molar-refractivity contribution >= 4 is 0 Å². The van der Waals surface area contributed by atoms with Crippen molar-refractivity contribution in [3.63, 3.8) is 0 Å². The van der Waals surface area contributed by atoms with Crippen molar-refractivity contribution in [3.05, 3.63) is 29.9 Å². The van der Waals surface area contributed by atoms with Crippen LogP contribution in [-0.4, -0.2) is 15.1 Å². The minimum atomic E-state index is 0.424. The van der Waals surface area contributed by atoms with Gasteiger partial charge in [-0.25, -0.2) is 0 Å². The fraction of sp³-hybridized carbons (Fsp3) is 0.533. The molecule has 2 unspecified atom stereocenters. The predicted molar refractivity (Wildman–Crippen MR) is 72.6 cm³/mol. The highest BCUT2D eigenvalue weighted by Gasteiger charge is 2.27. The molecule has 0 bridgehead atoms. The molecule has 1 aliphatic rings. The monoisotopic (exact) mass is 257 g/mol. The summed E-state index contributed by atoms with van der Waals surface area (Å²) in [6.45, 7) is 4.25. The normalized spacial score (nSPS) is 23.5. The van der Waals surface area contributed by atoms with Gasteiger partial charge in [-0.3, -0.25) is 4.98 Å². The second kappa shape index (κ2) is 5.11. The van der Waals surface area contributed by atoms with Gasteiger partial charge in [0, 0.05) is 23.4 Å². The van der Waals surface area contributed by atoms with E-state index in [1.165, 1.54) is 19.3 Å². The maximum Gasteiger partial charge on any atom is 0.230 e. The number of rotatable bonds is 2. The van der Waals surface area contributed by atoms with E-state index in [-0.39, 0.29) is 0 Å². The van der Waals surface area contributed by atoms with E-state index in [4.69, 9.17) is 4.52 Å². The molecule has 1 saturated carbocycles. The van der Waals surface area contributed by atoms with Gasteiger partial charge < -0.3 is 4.52 Å². The Labute approximate surface area is 113 Å². The third-order valence-electron chi connectivity index (χ3n) is 4.04. The van der Waals surface area contributed by atoms with E-state index in [0.29, 0.717) is 17.7 Å². The van der Waals surface area contributed by atoms with E-state index in [2.05, 4.69) is 22.0 Å². The zero-order valence-corrected chi connectivity index (χ0v) is 11.5. The maximum absolute atomic E-state index is 5.47. The minimum absolute atomic E-state index is 0.424. The molecule has 3 rings (SSSR count). The molecule has 0 N–H and O–H groups in total. The molecule has 1 fully saturated rings. The Morgan fingerprint density at radius 1 is 1.21 bits per heavy atom. The Balaban J connectivity index is 1.84. The molecule has 0 saturated heterocycles. The first-order chi connectivity index (χ1) is 9.24. The van der Waals surface area contributed by atoms with Crippen molar-refractivity contribution in [1.82, 2.24) is 15.1 Å². The standard InChI is InChI=1S/C15H19N3O/c1-10-5-3-4-6-13(10)15-17-14(18-19-15)12-8-7-11(2)16-9-12/h7-10,13H,3-6H2,1-2H3. The number of hydrogen-bond donors (Lipinski definition) is 0. The Morgan fingerprint density at radius 3 is 2.79 bits per heavy atom. The average molecular weight is 257 g/mol. The van der Waals surface area contributed by atoms with Gasteiger partial charge in [-0.1, -0.05) is 24.9 Å². The molecule has 0 amide bonds. The van der Waals surface area contributed by atoms with Gasteiger partial charge >= 0.3 is 0 Å². The van der Waals surface area contributed by atoms with Crippen LogP contribution in [0.4, 0.5) is 0 Å². The summed E-state index contributed by atoms with van der Waals surface area (Å²) >= 11 is 0. The summed E-state index contributed by atoms with van der Waals surface area (Å²) in [4.78, 5) is 8.84. The van der Waals surface area contributed by atoms with Crippen LogP contribution in [-0.2, 0) is 0 Å². The zero-order chi connectivity index (χ0) is 13.2. The minimum Gasteiger partial charge on any atom is -0.339 e. The molecule has 0 spiro atoms. The molecule has 2 atom stereocenters. The fourth-order valence-corrected chi connectivity index (χ4v) is 2.79. The van der Waals surface area contributed by atoms with E-state index >= 15 is 0 Å². The van der Waals surface area contributed by atoms with Crippen molar-refractivity contribution in [2.45, 2.75) is 45.4 Å². The summed E-state index contributed by atoms with van der Waals surface area (Å²) in [5.74, 6) is 2.51. The number of aryl methyl sites for hydroxylation is 1. The lowest BCUT2D eigenvalue weighted by atomic mass is 9.80. The van der Waals surface area contributed by atoms with Crippen LogP contribution in [0.15, 0.2) is 22.9 Å². The second-order valence-electron chi connectivity index (χ2n) is 5.51. The Morgan fingerprint density at radius 2 is 2.05 bits per heavy atom. The SMILES string of the molecule is Cc1ccc(-c2noc(C3CCCCC3C)n2)cn1. The van der Waals surface area contributed by atoms with Crippen molar-refractivity contribution in [3.8, 4) is 11.4 Å². The van der Waals surface area contributed by atoms with Crippen molar-refractivity contribution in [1.29, 1.82) is 0 Å². The van der Waals surface area contributed by atoms with Gasteiger partial charge in [-0.2, -0.15) is 4.98 Å². The number of aromatic nitrogens is 3. The average Bonchev–Trinajstić information content (AvgIpc) is 2.89. The molecule has 2 aromatic heterocycles. The highest BCUT2D eigenvalue weighted by Crippen LogP contribution is 2.37. The predicted octanol–water partition coefficient (Wildman–Crippen LogP) is 3.73. The maximum atomic E-state index is 5.47. The molecule has 1 aliphatic carbocycles. The quantitative estimate of drug-likeness (QED) is 0.822. The summed E-state index contributed by atoms with van der Waals surface area (Å²) in [5, 5.41) is 4.10. The highest BCUT2D eigenvalue weighted by atomic mass is 16.5. The van der Waals surface area contributed by atoms with Crippen LogP contribution < -0.4 is 0 Å². The molecule has 2 heterocycles. The molecule has 0 aliphatic heterocycles. The number of hydrogen-bond acceptors (Lipinski definition) is 4. The first-order valence-corrected chi connectivity index (χ1v) is 7.00. The smallest absolute Gasteiger partial charge is 0.230 e. The second-order valence-corrected chi connectivity index (χ2v) is 5.51. The summed E-state index contributed by atoms with van der Waals surface area (Å²) < 4.78 is 5.47. The van der Waals surface area contributed by atoms with Crippen LogP contribution in [0.2, 0.25) is 0 Å². The van der Waals surface area contributed by atoms with Crippen LogP contribution in [0.25, 0.3) is 11.4 Å². The van der Waals surface area contributed by atoms with Gasteiger partial charge in [0.05, 0.1) is 0 Å². The number of nitrogens with zero attached hydrogens (tertiary/aromatic N) is 3. The van der Waals surface area contributed by atoms with Crippen LogP contribution >= 0.6 is 0 Å². The number of pyridine rings is 1. The van der Waals surface area contributed by atoms with Crippen molar-refractivity contribution < 1.29 is 4.52 Å². The Hall–Kier alpha value is -1.71. The Bertz CT molecular complexity index is 547. The van der Waals surface area contributed by atoms with Gasteiger partial charge in [0.2, 0.25) is 11.7 Å². The third-order valence-corrected chi connectivity index (χ3v) is 4.04. The van der Waals surface area contributed by atoms with E-state index in [1.54, 1.807) is 6.20 Å². The molecular formula is C15H19N3O. The molecule has 4 heteroatoms.